The second kappa shape index (κ2) is 6.40. The van der Waals surface area contributed by atoms with Crippen LogP contribution in [0.2, 0.25) is 0 Å². The Morgan fingerprint density at radius 2 is 1.50 bits per heavy atom. The Kier molecular flexibility index (Phi) is 6.34. The van der Waals surface area contributed by atoms with Crippen LogP contribution >= 0.6 is 0 Å². The van der Waals surface area contributed by atoms with Crippen molar-refractivity contribution in [1.29, 1.82) is 0 Å². The highest BCUT2D eigenvalue weighted by Gasteiger charge is 2.14. The average Bonchev–Trinajstić information content (AvgIpc) is 2.00. The van der Waals surface area contributed by atoms with Gasteiger partial charge in [-0.2, -0.15) is 0 Å². The zero-order chi connectivity index (χ0) is 9.56. The zero-order valence-electron chi connectivity index (χ0n) is 8.03. The third-order valence-electron chi connectivity index (χ3n) is 1.95. The van der Waals surface area contributed by atoms with Gasteiger partial charge in [-0.05, 0) is 31.7 Å². The molecule has 0 bridgehead atoms. The molecular weight excluding hydrogens is 154 g/mol. The van der Waals surface area contributed by atoms with Crippen LogP contribution in [0.4, 0.5) is 0 Å². The third-order valence-corrected chi connectivity index (χ3v) is 1.95. The first-order valence-electron chi connectivity index (χ1n) is 4.64. The summed E-state index contributed by atoms with van der Waals surface area (Å²) in [5.74, 6) is 0.574. The summed E-state index contributed by atoms with van der Waals surface area (Å²) in [6.45, 7) is 4.63. The van der Waals surface area contributed by atoms with Crippen molar-refractivity contribution in [3.8, 4) is 0 Å². The molecule has 0 amide bonds. The first-order chi connectivity index (χ1) is 5.57. The molecule has 4 N–H and O–H groups in total. The van der Waals surface area contributed by atoms with E-state index in [0.717, 1.165) is 6.42 Å². The first-order valence-corrected chi connectivity index (χ1v) is 4.64. The molecule has 0 aromatic carbocycles. The lowest BCUT2D eigenvalue weighted by molar-refractivity contribution is 0.00859. The lowest BCUT2D eigenvalue weighted by atomic mass is 10.0. The number of hydrogen-bond donors (Lipinski definition) is 3. The predicted octanol–water partition coefficient (Wildman–Crippen LogP) is 0.493. The van der Waals surface area contributed by atoms with Crippen LogP contribution in [0.1, 0.15) is 33.1 Å². The molecule has 0 aliphatic carbocycles. The van der Waals surface area contributed by atoms with Crippen molar-refractivity contribution in [2.45, 2.75) is 45.3 Å². The standard InChI is InChI=1S/C9H21NO2/c1-7(2)3-4-8(11)9(12)5-6-10/h7-9,11-12H,3-6,10H2,1-2H3. The van der Waals surface area contributed by atoms with Crippen molar-refractivity contribution in [3.05, 3.63) is 0 Å². The minimum absolute atomic E-state index is 0.430. The van der Waals surface area contributed by atoms with E-state index in [1.807, 2.05) is 0 Å². The number of nitrogens with two attached hydrogens (primary N) is 1. The molecule has 12 heavy (non-hydrogen) atoms. The van der Waals surface area contributed by atoms with E-state index in [2.05, 4.69) is 13.8 Å². The van der Waals surface area contributed by atoms with Crippen LogP contribution < -0.4 is 5.73 Å². The lowest BCUT2D eigenvalue weighted by Crippen LogP contribution is -2.28. The van der Waals surface area contributed by atoms with Gasteiger partial charge >= 0.3 is 0 Å². The van der Waals surface area contributed by atoms with Crippen molar-refractivity contribution in [3.63, 3.8) is 0 Å². The molecule has 3 nitrogen and oxygen atoms in total. The Morgan fingerprint density at radius 3 is 1.92 bits per heavy atom. The Labute approximate surface area is 74.6 Å². The molecule has 0 aromatic rings. The van der Waals surface area contributed by atoms with Gasteiger partial charge < -0.3 is 15.9 Å². The minimum atomic E-state index is -0.645. The Morgan fingerprint density at radius 1 is 1.00 bits per heavy atom. The monoisotopic (exact) mass is 175 g/mol. The fourth-order valence-corrected chi connectivity index (χ4v) is 1.06. The molecule has 0 radical (unpaired) electrons. The van der Waals surface area contributed by atoms with Gasteiger partial charge in [0, 0.05) is 0 Å². The first kappa shape index (κ1) is 11.9. The maximum absolute atomic E-state index is 9.39. The summed E-state index contributed by atoms with van der Waals surface area (Å²) in [5.41, 5.74) is 5.25. The van der Waals surface area contributed by atoms with Gasteiger partial charge in [-0.25, -0.2) is 0 Å². The maximum atomic E-state index is 9.39. The largest absolute Gasteiger partial charge is 0.390 e. The van der Waals surface area contributed by atoms with Gasteiger partial charge in [-0.1, -0.05) is 13.8 Å². The molecule has 3 heteroatoms. The quantitative estimate of drug-likeness (QED) is 0.550. The normalized spacial score (nSPS) is 16.5. The number of aliphatic hydroxyl groups is 2. The Hall–Kier alpha value is -0.120. The second-order valence-electron chi connectivity index (χ2n) is 3.68. The average molecular weight is 175 g/mol. The summed E-state index contributed by atoms with van der Waals surface area (Å²) in [4.78, 5) is 0. The fraction of sp³-hybridized carbons (Fsp3) is 1.00. The van der Waals surface area contributed by atoms with Gasteiger partial charge in [-0.3, -0.25) is 0 Å². The van der Waals surface area contributed by atoms with E-state index in [0.29, 0.717) is 25.3 Å². The molecule has 0 spiro atoms. The van der Waals surface area contributed by atoms with E-state index in [1.54, 1.807) is 0 Å². The highest BCUT2D eigenvalue weighted by atomic mass is 16.3. The van der Waals surface area contributed by atoms with Crippen LogP contribution in [-0.2, 0) is 0 Å². The molecule has 0 fully saturated rings. The summed E-state index contributed by atoms with van der Waals surface area (Å²) >= 11 is 0. The molecule has 0 rings (SSSR count). The van der Waals surface area contributed by atoms with Gasteiger partial charge in [0.1, 0.15) is 0 Å². The van der Waals surface area contributed by atoms with Crippen LogP contribution in [0.5, 0.6) is 0 Å². The van der Waals surface area contributed by atoms with Crippen molar-refractivity contribution in [2.24, 2.45) is 11.7 Å². The molecule has 0 saturated heterocycles. The fourth-order valence-electron chi connectivity index (χ4n) is 1.06. The number of hydrogen-bond acceptors (Lipinski definition) is 3. The summed E-state index contributed by atoms with van der Waals surface area (Å²) in [6.07, 6.45) is 0.852. The van der Waals surface area contributed by atoms with Gasteiger partial charge in [0.25, 0.3) is 0 Å². The van der Waals surface area contributed by atoms with Crippen molar-refractivity contribution in [1.82, 2.24) is 0 Å². The number of aliphatic hydroxyl groups excluding tert-OH is 2. The van der Waals surface area contributed by atoms with E-state index in [9.17, 15) is 10.2 Å². The SMILES string of the molecule is CC(C)CCC(O)C(O)CCN. The molecule has 2 atom stereocenters. The van der Waals surface area contributed by atoms with E-state index >= 15 is 0 Å². The summed E-state index contributed by atoms with van der Waals surface area (Å²) in [7, 11) is 0. The van der Waals surface area contributed by atoms with E-state index < -0.39 is 12.2 Å². The van der Waals surface area contributed by atoms with Crippen LogP contribution in [0, 0.1) is 5.92 Å². The zero-order valence-corrected chi connectivity index (χ0v) is 8.03. The molecule has 2 unspecified atom stereocenters. The van der Waals surface area contributed by atoms with E-state index in [1.165, 1.54) is 0 Å². The van der Waals surface area contributed by atoms with E-state index in [4.69, 9.17) is 5.73 Å². The van der Waals surface area contributed by atoms with Crippen LogP contribution in [0.25, 0.3) is 0 Å². The molecule has 0 aliphatic heterocycles. The third kappa shape index (κ3) is 5.52. The highest BCUT2D eigenvalue weighted by molar-refractivity contribution is 4.67. The van der Waals surface area contributed by atoms with Gasteiger partial charge in [-0.15, -0.1) is 0 Å². The lowest BCUT2D eigenvalue weighted by Gasteiger charge is -2.17. The molecule has 74 valence electrons. The number of rotatable bonds is 6. The second-order valence-corrected chi connectivity index (χ2v) is 3.68. The topological polar surface area (TPSA) is 66.5 Å². The molecule has 0 aliphatic rings. The van der Waals surface area contributed by atoms with Crippen molar-refractivity contribution < 1.29 is 10.2 Å². The smallest absolute Gasteiger partial charge is 0.0811 e. The maximum Gasteiger partial charge on any atom is 0.0811 e. The highest BCUT2D eigenvalue weighted by Crippen LogP contribution is 2.10. The summed E-state index contributed by atoms with van der Waals surface area (Å²) in [6, 6.07) is 0. The summed E-state index contributed by atoms with van der Waals surface area (Å²) < 4.78 is 0. The van der Waals surface area contributed by atoms with Crippen LogP contribution in [0.3, 0.4) is 0 Å². The van der Waals surface area contributed by atoms with Gasteiger partial charge in [0.05, 0.1) is 12.2 Å². The molecule has 0 saturated carbocycles. The Bertz CT molecular complexity index is 107. The minimum Gasteiger partial charge on any atom is -0.390 e. The van der Waals surface area contributed by atoms with Crippen molar-refractivity contribution in [2.75, 3.05) is 6.54 Å². The van der Waals surface area contributed by atoms with Crippen LogP contribution in [-0.4, -0.2) is 29.0 Å². The summed E-state index contributed by atoms with van der Waals surface area (Å²) in [5, 5.41) is 18.7. The molecule has 0 aromatic heterocycles. The van der Waals surface area contributed by atoms with Crippen LogP contribution in [0.15, 0.2) is 0 Å². The Balaban J connectivity index is 3.49. The van der Waals surface area contributed by atoms with Gasteiger partial charge in [0.2, 0.25) is 0 Å². The molecular formula is C9H21NO2. The van der Waals surface area contributed by atoms with E-state index in [-0.39, 0.29) is 0 Å². The van der Waals surface area contributed by atoms with Gasteiger partial charge in [0.15, 0.2) is 0 Å². The molecule has 0 heterocycles. The van der Waals surface area contributed by atoms with Crippen molar-refractivity contribution >= 4 is 0 Å². The predicted molar refractivity (Wildman–Crippen MR) is 49.8 cm³/mol.